The topological polar surface area (TPSA) is 23.6 Å². The number of carbonyl (C=O) groups excluding carboxylic acids is 1. The predicted molar refractivity (Wildman–Crippen MR) is 58.4 cm³/mol. The standard InChI is InChI=1S/C11H19FN2O/c1-13(2)7-3-4-11(15)14-8-5-10(12)6-9-14/h3-4,10H,5-9H2,1-2H3/b4-3+. The first-order chi connectivity index (χ1) is 7.09. The number of halogens is 1. The van der Waals surface area contributed by atoms with Gasteiger partial charge in [0.05, 0.1) is 0 Å². The number of hydrogen-bond donors (Lipinski definition) is 0. The third-order valence-electron chi connectivity index (χ3n) is 2.47. The highest BCUT2D eigenvalue weighted by atomic mass is 19.1. The van der Waals surface area contributed by atoms with E-state index in [1.807, 2.05) is 25.1 Å². The molecule has 0 radical (unpaired) electrons. The molecule has 1 aliphatic heterocycles. The summed E-state index contributed by atoms with van der Waals surface area (Å²) in [4.78, 5) is 15.3. The Bertz CT molecular complexity index is 233. The van der Waals surface area contributed by atoms with E-state index < -0.39 is 6.17 Å². The molecule has 0 spiro atoms. The van der Waals surface area contributed by atoms with Crippen LogP contribution in [0.25, 0.3) is 0 Å². The fourth-order valence-corrected chi connectivity index (χ4v) is 1.54. The van der Waals surface area contributed by atoms with Gasteiger partial charge < -0.3 is 9.80 Å². The Balaban J connectivity index is 2.31. The van der Waals surface area contributed by atoms with Crippen molar-refractivity contribution >= 4 is 5.91 Å². The van der Waals surface area contributed by atoms with Crippen LogP contribution in [0, 0.1) is 0 Å². The summed E-state index contributed by atoms with van der Waals surface area (Å²) in [6.07, 6.45) is 3.66. The van der Waals surface area contributed by atoms with Crippen molar-refractivity contribution in [1.82, 2.24) is 9.80 Å². The van der Waals surface area contributed by atoms with Crippen molar-refractivity contribution in [3.8, 4) is 0 Å². The number of piperidine rings is 1. The Hall–Kier alpha value is -0.900. The van der Waals surface area contributed by atoms with Crippen LogP contribution in [-0.2, 0) is 4.79 Å². The molecule has 86 valence electrons. The fraction of sp³-hybridized carbons (Fsp3) is 0.727. The summed E-state index contributed by atoms with van der Waals surface area (Å²) in [7, 11) is 3.90. The minimum atomic E-state index is -0.722. The van der Waals surface area contributed by atoms with Crippen molar-refractivity contribution < 1.29 is 9.18 Å². The van der Waals surface area contributed by atoms with Gasteiger partial charge in [-0.15, -0.1) is 0 Å². The van der Waals surface area contributed by atoms with E-state index in [4.69, 9.17) is 0 Å². The zero-order valence-corrected chi connectivity index (χ0v) is 9.45. The normalized spacial score (nSPS) is 19.1. The quantitative estimate of drug-likeness (QED) is 0.656. The minimum absolute atomic E-state index is 0.00347. The molecule has 1 rings (SSSR count). The average Bonchev–Trinajstić information content (AvgIpc) is 2.18. The van der Waals surface area contributed by atoms with E-state index in [1.165, 1.54) is 0 Å². The highest BCUT2D eigenvalue weighted by Gasteiger charge is 2.20. The molecule has 0 unspecified atom stereocenters. The maximum Gasteiger partial charge on any atom is 0.246 e. The van der Waals surface area contributed by atoms with E-state index in [2.05, 4.69) is 0 Å². The van der Waals surface area contributed by atoms with Gasteiger partial charge >= 0.3 is 0 Å². The number of amides is 1. The second-order valence-electron chi connectivity index (χ2n) is 4.16. The Morgan fingerprint density at radius 2 is 2.07 bits per heavy atom. The highest BCUT2D eigenvalue weighted by molar-refractivity contribution is 5.87. The van der Waals surface area contributed by atoms with Crippen LogP contribution in [0.2, 0.25) is 0 Å². The Labute approximate surface area is 90.5 Å². The number of nitrogens with zero attached hydrogens (tertiary/aromatic N) is 2. The molecule has 4 heteroatoms. The van der Waals surface area contributed by atoms with E-state index in [0.717, 1.165) is 6.54 Å². The molecule has 0 bridgehead atoms. The van der Waals surface area contributed by atoms with Crippen LogP contribution < -0.4 is 0 Å². The van der Waals surface area contributed by atoms with E-state index in [1.54, 1.807) is 11.0 Å². The van der Waals surface area contributed by atoms with Crippen LogP contribution in [-0.4, -0.2) is 55.6 Å². The van der Waals surface area contributed by atoms with Crippen LogP contribution in [0.5, 0.6) is 0 Å². The third kappa shape index (κ3) is 4.42. The van der Waals surface area contributed by atoms with Gasteiger partial charge in [-0.3, -0.25) is 4.79 Å². The van der Waals surface area contributed by atoms with E-state index in [-0.39, 0.29) is 5.91 Å². The van der Waals surface area contributed by atoms with Gasteiger partial charge in [0.1, 0.15) is 6.17 Å². The molecule has 0 aromatic rings. The Kier molecular flexibility index (Phi) is 4.75. The molecule has 1 saturated heterocycles. The smallest absolute Gasteiger partial charge is 0.246 e. The summed E-state index contributed by atoms with van der Waals surface area (Å²) in [5, 5.41) is 0. The zero-order chi connectivity index (χ0) is 11.3. The van der Waals surface area contributed by atoms with Gasteiger partial charge in [0.25, 0.3) is 0 Å². The summed E-state index contributed by atoms with van der Waals surface area (Å²) >= 11 is 0. The average molecular weight is 214 g/mol. The van der Waals surface area contributed by atoms with Crippen molar-refractivity contribution in [2.24, 2.45) is 0 Å². The molecule has 0 saturated carbocycles. The first-order valence-electron chi connectivity index (χ1n) is 5.34. The summed E-state index contributed by atoms with van der Waals surface area (Å²) in [5.41, 5.74) is 0. The van der Waals surface area contributed by atoms with E-state index in [9.17, 15) is 9.18 Å². The fourth-order valence-electron chi connectivity index (χ4n) is 1.54. The van der Waals surface area contributed by atoms with E-state index >= 15 is 0 Å². The van der Waals surface area contributed by atoms with Crippen molar-refractivity contribution in [2.75, 3.05) is 33.7 Å². The van der Waals surface area contributed by atoms with Crippen molar-refractivity contribution in [1.29, 1.82) is 0 Å². The molecule has 3 nitrogen and oxygen atoms in total. The monoisotopic (exact) mass is 214 g/mol. The lowest BCUT2D eigenvalue weighted by molar-refractivity contribution is -0.127. The number of hydrogen-bond acceptors (Lipinski definition) is 2. The molecule has 1 heterocycles. The number of carbonyl (C=O) groups is 1. The Morgan fingerprint density at radius 1 is 1.47 bits per heavy atom. The lowest BCUT2D eigenvalue weighted by Crippen LogP contribution is -2.38. The lowest BCUT2D eigenvalue weighted by atomic mass is 10.1. The van der Waals surface area contributed by atoms with Gasteiger partial charge in [-0.25, -0.2) is 4.39 Å². The molecule has 0 N–H and O–H groups in total. The predicted octanol–water partition coefficient (Wildman–Crippen LogP) is 1.06. The summed E-state index contributed by atoms with van der Waals surface area (Å²) < 4.78 is 12.8. The number of alkyl halides is 1. The van der Waals surface area contributed by atoms with Crippen LogP contribution >= 0.6 is 0 Å². The molecule has 1 amide bonds. The van der Waals surface area contributed by atoms with E-state index in [0.29, 0.717) is 25.9 Å². The van der Waals surface area contributed by atoms with Gasteiger partial charge in [0.2, 0.25) is 5.91 Å². The van der Waals surface area contributed by atoms with Gasteiger partial charge in [0.15, 0.2) is 0 Å². The molecule has 1 fully saturated rings. The van der Waals surface area contributed by atoms with Crippen molar-refractivity contribution in [3.05, 3.63) is 12.2 Å². The van der Waals surface area contributed by atoms with Gasteiger partial charge in [-0.1, -0.05) is 6.08 Å². The molecule has 0 aromatic heterocycles. The van der Waals surface area contributed by atoms with Crippen LogP contribution in [0.4, 0.5) is 4.39 Å². The Morgan fingerprint density at radius 3 is 2.60 bits per heavy atom. The maximum atomic E-state index is 12.8. The number of likely N-dealkylation sites (tertiary alicyclic amines) is 1. The highest BCUT2D eigenvalue weighted by Crippen LogP contribution is 2.13. The maximum absolute atomic E-state index is 12.8. The second-order valence-corrected chi connectivity index (χ2v) is 4.16. The third-order valence-corrected chi connectivity index (χ3v) is 2.47. The molecule has 1 aliphatic rings. The van der Waals surface area contributed by atoms with Gasteiger partial charge in [0, 0.05) is 25.7 Å². The summed E-state index contributed by atoms with van der Waals surface area (Å²) in [6, 6.07) is 0. The van der Waals surface area contributed by atoms with Crippen molar-refractivity contribution in [3.63, 3.8) is 0 Å². The van der Waals surface area contributed by atoms with Crippen LogP contribution in [0.3, 0.4) is 0 Å². The van der Waals surface area contributed by atoms with Crippen molar-refractivity contribution in [2.45, 2.75) is 19.0 Å². The van der Waals surface area contributed by atoms with Gasteiger partial charge in [-0.2, -0.15) is 0 Å². The molecular formula is C11H19FN2O. The largest absolute Gasteiger partial charge is 0.339 e. The summed E-state index contributed by atoms with van der Waals surface area (Å²) in [6.45, 7) is 1.85. The summed E-state index contributed by atoms with van der Waals surface area (Å²) in [5.74, 6) is 0.00347. The van der Waals surface area contributed by atoms with Gasteiger partial charge in [-0.05, 0) is 26.9 Å². The van der Waals surface area contributed by atoms with Crippen LogP contribution in [0.15, 0.2) is 12.2 Å². The molecule has 0 aromatic carbocycles. The molecular weight excluding hydrogens is 195 g/mol. The minimum Gasteiger partial charge on any atom is -0.339 e. The lowest BCUT2D eigenvalue weighted by Gasteiger charge is -2.27. The second kappa shape index (κ2) is 5.85. The van der Waals surface area contributed by atoms with Crippen LogP contribution in [0.1, 0.15) is 12.8 Å². The first-order valence-corrected chi connectivity index (χ1v) is 5.34. The SMILES string of the molecule is CN(C)C/C=C/C(=O)N1CCC(F)CC1. The zero-order valence-electron chi connectivity index (χ0n) is 9.45. The first kappa shape index (κ1) is 12.2. The molecule has 0 atom stereocenters. The molecule has 15 heavy (non-hydrogen) atoms. The molecule has 0 aliphatic carbocycles. The number of rotatable bonds is 3. The number of likely N-dealkylation sites (N-methyl/N-ethyl adjacent to an activating group) is 1.